The summed E-state index contributed by atoms with van der Waals surface area (Å²) < 4.78 is 5.55. The van der Waals surface area contributed by atoms with E-state index in [0.29, 0.717) is 17.0 Å². The number of fused-ring (bicyclic) bond motifs is 1. The van der Waals surface area contributed by atoms with Crippen LogP contribution in [0, 0.1) is 0 Å². The third-order valence-electron chi connectivity index (χ3n) is 3.46. The molecule has 21 heavy (non-hydrogen) atoms. The summed E-state index contributed by atoms with van der Waals surface area (Å²) in [6.07, 6.45) is 0. The Bertz CT molecular complexity index is 759. The molecule has 0 fully saturated rings. The minimum atomic E-state index is -0.248. The predicted molar refractivity (Wildman–Crippen MR) is 82.9 cm³/mol. The lowest BCUT2D eigenvalue weighted by molar-refractivity contribution is 0.0914. The number of amides is 1. The number of carbonyl (C=O) groups excluding carboxylic acids is 1. The number of hydrogen-bond acceptors (Lipinski definition) is 3. The Balaban J connectivity index is 1.81. The van der Waals surface area contributed by atoms with Crippen LogP contribution in [-0.4, -0.2) is 5.91 Å². The Labute approximate surface area is 122 Å². The molecule has 1 atom stereocenters. The van der Waals surface area contributed by atoms with Gasteiger partial charge in [0, 0.05) is 11.1 Å². The zero-order valence-electron chi connectivity index (χ0n) is 11.7. The van der Waals surface area contributed by atoms with E-state index in [-0.39, 0.29) is 11.9 Å². The number of nitrogen functional groups attached to an aromatic ring is 1. The van der Waals surface area contributed by atoms with E-state index in [0.717, 1.165) is 10.9 Å². The number of nitrogens with two attached hydrogens (primary N) is 1. The third kappa shape index (κ3) is 2.60. The molecule has 106 valence electrons. The summed E-state index contributed by atoms with van der Waals surface area (Å²) in [4.78, 5) is 12.3. The average molecular weight is 280 g/mol. The van der Waals surface area contributed by atoms with E-state index in [1.165, 1.54) is 0 Å². The lowest BCUT2D eigenvalue weighted by atomic mass is 10.1. The normalized spacial score (nSPS) is 12.2. The molecule has 1 aromatic heterocycles. The molecule has 0 bridgehead atoms. The van der Waals surface area contributed by atoms with E-state index in [1.807, 2.05) is 55.5 Å². The smallest absolute Gasteiger partial charge is 0.287 e. The Kier molecular flexibility index (Phi) is 3.36. The van der Waals surface area contributed by atoms with E-state index >= 15 is 0 Å². The van der Waals surface area contributed by atoms with Gasteiger partial charge in [0.1, 0.15) is 5.58 Å². The van der Waals surface area contributed by atoms with Crippen molar-refractivity contribution in [3.8, 4) is 0 Å². The number of nitrogens with one attached hydrogen (secondary N) is 1. The number of rotatable bonds is 3. The van der Waals surface area contributed by atoms with Crippen LogP contribution in [0.25, 0.3) is 11.0 Å². The fraction of sp³-hybridized carbons (Fsp3) is 0.118. The van der Waals surface area contributed by atoms with Crippen molar-refractivity contribution in [1.82, 2.24) is 5.32 Å². The maximum absolute atomic E-state index is 12.3. The van der Waals surface area contributed by atoms with Gasteiger partial charge in [-0.15, -0.1) is 0 Å². The van der Waals surface area contributed by atoms with Crippen molar-refractivity contribution in [3.63, 3.8) is 0 Å². The number of para-hydroxylation sites is 2. The summed E-state index contributed by atoms with van der Waals surface area (Å²) in [5.41, 5.74) is 8.18. The second-order valence-electron chi connectivity index (χ2n) is 4.97. The first-order valence-corrected chi connectivity index (χ1v) is 6.79. The van der Waals surface area contributed by atoms with Crippen molar-refractivity contribution in [2.75, 3.05) is 5.73 Å². The molecule has 0 aliphatic heterocycles. The summed E-state index contributed by atoms with van der Waals surface area (Å²) in [5.74, 6) is 0.0551. The SMILES string of the molecule is CC(NC(=O)c1cc2ccccc2o1)c1ccccc1N. The molecule has 3 N–H and O–H groups in total. The number of carbonyl (C=O) groups is 1. The second kappa shape index (κ2) is 5.32. The second-order valence-corrected chi connectivity index (χ2v) is 4.97. The van der Waals surface area contributed by atoms with Crippen LogP contribution in [0.5, 0.6) is 0 Å². The van der Waals surface area contributed by atoms with Gasteiger partial charge >= 0.3 is 0 Å². The van der Waals surface area contributed by atoms with Crippen molar-refractivity contribution >= 4 is 22.6 Å². The molecule has 0 spiro atoms. The van der Waals surface area contributed by atoms with Gasteiger partial charge in [-0.05, 0) is 30.7 Å². The molecular formula is C17H16N2O2. The molecule has 1 unspecified atom stereocenters. The highest BCUT2D eigenvalue weighted by atomic mass is 16.3. The monoisotopic (exact) mass is 280 g/mol. The molecule has 0 saturated carbocycles. The topological polar surface area (TPSA) is 68.3 Å². The Hall–Kier alpha value is -2.75. The number of hydrogen-bond donors (Lipinski definition) is 2. The fourth-order valence-corrected chi connectivity index (χ4v) is 2.34. The van der Waals surface area contributed by atoms with Crippen molar-refractivity contribution in [2.24, 2.45) is 0 Å². The summed E-state index contributed by atoms with van der Waals surface area (Å²) in [6.45, 7) is 1.90. The zero-order valence-corrected chi connectivity index (χ0v) is 11.7. The molecule has 4 nitrogen and oxygen atoms in total. The predicted octanol–water partition coefficient (Wildman–Crippen LogP) is 3.51. The van der Waals surface area contributed by atoms with E-state index < -0.39 is 0 Å². The van der Waals surface area contributed by atoms with Gasteiger partial charge in [0.2, 0.25) is 0 Å². The first kappa shape index (κ1) is 13.2. The molecule has 0 radical (unpaired) electrons. The molecule has 0 saturated heterocycles. The number of anilines is 1. The lowest BCUT2D eigenvalue weighted by Gasteiger charge is -2.15. The summed E-state index contributed by atoms with van der Waals surface area (Å²) in [6, 6.07) is 16.6. The van der Waals surface area contributed by atoms with Gasteiger partial charge in [0.25, 0.3) is 5.91 Å². The molecule has 0 aliphatic rings. The highest BCUT2D eigenvalue weighted by molar-refractivity contribution is 5.96. The molecule has 2 aromatic carbocycles. The first-order chi connectivity index (χ1) is 10.1. The maximum Gasteiger partial charge on any atom is 0.287 e. The van der Waals surface area contributed by atoms with Gasteiger partial charge in [-0.1, -0.05) is 36.4 Å². The van der Waals surface area contributed by atoms with Gasteiger partial charge < -0.3 is 15.5 Å². The summed E-state index contributed by atoms with van der Waals surface area (Å²) in [7, 11) is 0. The Morgan fingerprint density at radius 1 is 1.14 bits per heavy atom. The molecule has 3 rings (SSSR count). The van der Waals surface area contributed by atoms with Crippen LogP contribution in [0.2, 0.25) is 0 Å². The van der Waals surface area contributed by atoms with Crippen molar-refractivity contribution in [2.45, 2.75) is 13.0 Å². The highest BCUT2D eigenvalue weighted by Gasteiger charge is 2.16. The van der Waals surface area contributed by atoms with E-state index in [1.54, 1.807) is 6.07 Å². The van der Waals surface area contributed by atoms with Crippen molar-refractivity contribution in [1.29, 1.82) is 0 Å². The van der Waals surface area contributed by atoms with Crippen LogP contribution in [-0.2, 0) is 0 Å². The molecule has 4 heteroatoms. The Morgan fingerprint density at radius 3 is 2.62 bits per heavy atom. The largest absolute Gasteiger partial charge is 0.451 e. The van der Waals surface area contributed by atoms with E-state index in [2.05, 4.69) is 5.32 Å². The van der Waals surface area contributed by atoms with Gasteiger partial charge in [0.05, 0.1) is 6.04 Å². The van der Waals surface area contributed by atoms with E-state index in [4.69, 9.17) is 10.2 Å². The zero-order chi connectivity index (χ0) is 14.8. The van der Waals surface area contributed by atoms with Gasteiger partial charge in [-0.3, -0.25) is 4.79 Å². The van der Waals surface area contributed by atoms with Gasteiger partial charge in [0.15, 0.2) is 5.76 Å². The van der Waals surface area contributed by atoms with Gasteiger partial charge in [-0.25, -0.2) is 0 Å². The van der Waals surface area contributed by atoms with Crippen LogP contribution in [0.3, 0.4) is 0 Å². The molecule has 3 aromatic rings. The van der Waals surface area contributed by atoms with Crippen LogP contribution in [0.4, 0.5) is 5.69 Å². The lowest BCUT2D eigenvalue weighted by Crippen LogP contribution is -2.26. The molecule has 1 heterocycles. The van der Waals surface area contributed by atoms with Crippen molar-refractivity contribution in [3.05, 3.63) is 65.9 Å². The average Bonchev–Trinajstić information content (AvgIpc) is 2.91. The summed E-state index contributed by atoms with van der Waals surface area (Å²) >= 11 is 0. The van der Waals surface area contributed by atoms with Crippen LogP contribution < -0.4 is 11.1 Å². The van der Waals surface area contributed by atoms with Crippen LogP contribution >= 0.6 is 0 Å². The van der Waals surface area contributed by atoms with Gasteiger partial charge in [-0.2, -0.15) is 0 Å². The minimum absolute atomic E-state index is 0.188. The number of benzene rings is 2. The van der Waals surface area contributed by atoms with E-state index in [9.17, 15) is 4.79 Å². The maximum atomic E-state index is 12.3. The van der Waals surface area contributed by atoms with Crippen LogP contribution in [0.15, 0.2) is 59.0 Å². The summed E-state index contributed by atoms with van der Waals surface area (Å²) in [5, 5.41) is 3.81. The highest BCUT2D eigenvalue weighted by Crippen LogP contribution is 2.22. The minimum Gasteiger partial charge on any atom is -0.451 e. The Morgan fingerprint density at radius 2 is 1.86 bits per heavy atom. The fourth-order valence-electron chi connectivity index (χ4n) is 2.34. The first-order valence-electron chi connectivity index (χ1n) is 6.79. The number of furan rings is 1. The molecular weight excluding hydrogens is 264 g/mol. The van der Waals surface area contributed by atoms with Crippen molar-refractivity contribution < 1.29 is 9.21 Å². The quantitative estimate of drug-likeness (QED) is 0.721. The molecule has 0 aliphatic carbocycles. The standard InChI is InChI=1S/C17H16N2O2/c1-11(13-7-3-4-8-14(13)18)19-17(20)16-10-12-6-2-5-9-15(12)21-16/h2-11H,18H2,1H3,(H,19,20). The third-order valence-corrected chi connectivity index (χ3v) is 3.46. The van der Waals surface area contributed by atoms with Crippen LogP contribution in [0.1, 0.15) is 29.1 Å². The molecule has 1 amide bonds.